The summed E-state index contributed by atoms with van der Waals surface area (Å²) in [7, 11) is 0. The van der Waals surface area contributed by atoms with Gasteiger partial charge in [0.15, 0.2) is 0 Å². The molecule has 2 aromatic carbocycles. The van der Waals surface area contributed by atoms with E-state index in [0.29, 0.717) is 5.56 Å². The first-order valence-corrected chi connectivity index (χ1v) is 6.31. The molecule has 2 aromatic rings. The minimum atomic E-state index is 0.144. The lowest BCUT2D eigenvalue weighted by atomic mass is 10.1. The molecule has 0 bridgehead atoms. The third kappa shape index (κ3) is 2.13. The number of nitrogens with zero attached hydrogens (tertiary/aromatic N) is 2. The fraction of sp³-hybridized carbons (Fsp3) is 0.188. The van der Waals surface area contributed by atoms with Crippen molar-refractivity contribution in [2.24, 2.45) is 0 Å². The molecule has 0 fully saturated rings. The molecule has 3 nitrogen and oxygen atoms in total. The molecule has 19 heavy (non-hydrogen) atoms. The van der Waals surface area contributed by atoms with Crippen LogP contribution in [-0.2, 0) is 0 Å². The molecule has 0 saturated carbocycles. The van der Waals surface area contributed by atoms with Crippen LogP contribution in [0, 0.1) is 11.3 Å². The van der Waals surface area contributed by atoms with E-state index in [-0.39, 0.29) is 6.10 Å². The van der Waals surface area contributed by atoms with Gasteiger partial charge in [0.05, 0.1) is 23.9 Å². The molecule has 0 aromatic heterocycles. The average Bonchev–Trinajstić information content (AvgIpc) is 2.46. The van der Waals surface area contributed by atoms with Gasteiger partial charge in [-0.25, -0.2) is 0 Å². The highest BCUT2D eigenvalue weighted by molar-refractivity contribution is 5.70. The standard InChI is InChI=1S/C16H14N2O/c1-12-11-18(14-8-6-13(10-17)7-9-14)15-4-2-3-5-16(15)19-12/h2-9,12H,11H2,1H3. The number of anilines is 2. The second-order valence-corrected chi connectivity index (χ2v) is 4.67. The van der Waals surface area contributed by atoms with Gasteiger partial charge < -0.3 is 9.64 Å². The molecule has 0 radical (unpaired) electrons. The Bertz CT molecular complexity index is 628. The van der Waals surface area contributed by atoms with E-state index >= 15 is 0 Å². The zero-order chi connectivity index (χ0) is 13.2. The Hall–Kier alpha value is -2.47. The first-order chi connectivity index (χ1) is 9.28. The van der Waals surface area contributed by atoms with Crippen molar-refractivity contribution in [3.05, 3.63) is 54.1 Å². The molecule has 1 aliphatic rings. The molecule has 1 aliphatic heterocycles. The number of hydrogen-bond donors (Lipinski definition) is 0. The van der Waals surface area contributed by atoms with E-state index in [0.717, 1.165) is 23.7 Å². The van der Waals surface area contributed by atoms with Gasteiger partial charge >= 0.3 is 0 Å². The summed E-state index contributed by atoms with van der Waals surface area (Å²) in [5, 5.41) is 8.86. The number of benzene rings is 2. The van der Waals surface area contributed by atoms with Crippen LogP contribution in [0.3, 0.4) is 0 Å². The summed E-state index contributed by atoms with van der Waals surface area (Å²) in [6.45, 7) is 2.87. The third-order valence-corrected chi connectivity index (χ3v) is 3.23. The molecule has 0 amide bonds. The summed E-state index contributed by atoms with van der Waals surface area (Å²) in [6.07, 6.45) is 0.144. The highest BCUT2D eigenvalue weighted by Gasteiger charge is 2.23. The van der Waals surface area contributed by atoms with E-state index in [1.54, 1.807) is 0 Å². The number of fused-ring (bicyclic) bond motifs is 1. The van der Waals surface area contributed by atoms with Gasteiger partial charge in [0.2, 0.25) is 0 Å². The number of nitriles is 1. The number of ether oxygens (including phenoxy) is 1. The third-order valence-electron chi connectivity index (χ3n) is 3.23. The Morgan fingerprint density at radius 1 is 1.16 bits per heavy atom. The predicted octanol–water partition coefficient (Wildman–Crippen LogP) is 3.48. The molecule has 0 N–H and O–H groups in total. The van der Waals surface area contributed by atoms with Crippen molar-refractivity contribution in [2.75, 3.05) is 11.4 Å². The molecule has 1 atom stereocenters. The summed E-state index contributed by atoms with van der Waals surface area (Å²) in [5.74, 6) is 0.908. The molecular formula is C16H14N2O. The van der Waals surface area contributed by atoms with E-state index in [2.05, 4.69) is 24.0 Å². The molecule has 0 aliphatic carbocycles. The lowest BCUT2D eigenvalue weighted by Crippen LogP contribution is -2.35. The van der Waals surface area contributed by atoms with Crippen molar-refractivity contribution in [1.82, 2.24) is 0 Å². The second kappa shape index (κ2) is 4.66. The fourth-order valence-electron chi connectivity index (χ4n) is 2.35. The molecule has 1 heterocycles. The van der Waals surface area contributed by atoms with Crippen molar-refractivity contribution in [3.63, 3.8) is 0 Å². The minimum absolute atomic E-state index is 0.144. The van der Waals surface area contributed by atoms with Gasteiger partial charge in [-0.1, -0.05) is 12.1 Å². The lowest BCUT2D eigenvalue weighted by Gasteiger charge is -2.35. The quantitative estimate of drug-likeness (QED) is 0.777. The highest BCUT2D eigenvalue weighted by Crippen LogP contribution is 2.37. The number of rotatable bonds is 1. The van der Waals surface area contributed by atoms with Gasteiger partial charge in [0.25, 0.3) is 0 Å². The first-order valence-electron chi connectivity index (χ1n) is 6.31. The second-order valence-electron chi connectivity index (χ2n) is 4.67. The average molecular weight is 250 g/mol. The van der Waals surface area contributed by atoms with E-state index in [1.807, 2.05) is 42.5 Å². The summed E-state index contributed by atoms with van der Waals surface area (Å²) in [4.78, 5) is 2.23. The van der Waals surface area contributed by atoms with Crippen LogP contribution in [0.25, 0.3) is 0 Å². The van der Waals surface area contributed by atoms with Crippen molar-refractivity contribution in [3.8, 4) is 11.8 Å². The normalized spacial score (nSPS) is 17.3. The molecule has 3 rings (SSSR count). The van der Waals surface area contributed by atoms with Gasteiger partial charge in [0, 0.05) is 5.69 Å². The summed E-state index contributed by atoms with van der Waals surface area (Å²) < 4.78 is 5.83. The maximum absolute atomic E-state index is 8.86. The fourth-order valence-corrected chi connectivity index (χ4v) is 2.35. The SMILES string of the molecule is CC1CN(c2ccc(C#N)cc2)c2ccccc2O1. The number of hydrogen-bond acceptors (Lipinski definition) is 3. The predicted molar refractivity (Wildman–Crippen MR) is 74.7 cm³/mol. The number of para-hydroxylation sites is 2. The Balaban J connectivity index is 2.02. The first kappa shape index (κ1) is 11.6. The Morgan fingerprint density at radius 3 is 2.63 bits per heavy atom. The van der Waals surface area contributed by atoms with Gasteiger partial charge in [-0.2, -0.15) is 5.26 Å². The van der Waals surface area contributed by atoms with Crippen molar-refractivity contribution in [2.45, 2.75) is 13.0 Å². The molecule has 1 unspecified atom stereocenters. The van der Waals surface area contributed by atoms with Gasteiger partial charge in [-0.3, -0.25) is 0 Å². The molecule has 0 spiro atoms. The van der Waals surface area contributed by atoms with Crippen LogP contribution < -0.4 is 9.64 Å². The Kier molecular flexibility index (Phi) is 2.85. The van der Waals surface area contributed by atoms with Crippen LogP contribution in [0.2, 0.25) is 0 Å². The van der Waals surface area contributed by atoms with Crippen LogP contribution in [0.4, 0.5) is 11.4 Å². The molecule has 0 saturated heterocycles. The van der Waals surface area contributed by atoms with Crippen molar-refractivity contribution < 1.29 is 4.74 Å². The van der Waals surface area contributed by atoms with Crippen LogP contribution >= 0.6 is 0 Å². The minimum Gasteiger partial charge on any atom is -0.487 e. The lowest BCUT2D eigenvalue weighted by molar-refractivity contribution is 0.218. The zero-order valence-electron chi connectivity index (χ0n) is 10.7. The van der Waals surface area contributed by atoms with E-state index in [4.69, 9.17) is 10.00 Å². The summed E-state index contributed by atoms with van der Waals surface area (Å²) >= 11 is 0. The van der Waals surface area contributed by atoms with Crippen molar-refractivity contribution >= 4 is 11.4 Å². The molecule has 94 valence electrons. The van der Waals surface area contributed by atoms with Crippen LogP contribution in [0.15, 0.2) is 48.5 Å². The highest BCUT2D eigenvalue weighted by atomic mass is 16.5. The van der Waals surface area contributed by atoms with Gasteiger partial charge in [0.1, 0.15) is 11.9 Å². The maximum Gasteiger partial charge on any atom is 0.143 e. The largest absolute Gasteiger partial charge is 0.487 e. The van der Waals surface area contributed by atoms with Crippen LogP contribution in [-0.4, -0.2) is 12.6 Å². The topological polar surface area (TPSA) is 36.3 Å². The Labute approximate surface area is 112 Å². The molecular weight excluding hydrogens is 236 g/mol. The van der Waals surface area contributed by atoms with E-state index in [1.165, 1.54) is 0 Å². The van der Waals surface area contributed by atoms with Crippen molar-refractivity contribution in [1.29, 1.82) is 5.26 Å². The van der Waals surface area contributed by atoms with Gasteiger partial charge in [-0.15, -0.1) is 0 Å². The summed E-state index contributed by atoms with van der Waals surface area (Å²) in [5.41, 5.74) is 2.84. The van der Waals surface area contributed by atoms with Crippen LogP contribution in [0.5, 0.6) is 5.75 Å². The van der Waals surface area contributed by atoms with Crippen LogP contribution in [0.1, 0.15) is 12.5 Å². The van der Waals surface area contributed by atoms with Gasteiger partial charge in [-0.05, 0) is 43.3 Å². The Morgan fingerprint density at radius 2 is 1.89 bits per heavy atom. The maximum atomic E-state index is 8.86. The zero-order valence-corrected chi connectivity index (χ0v) is 10.7. The monoisotopic (exact) mass is 250 g/mol. The van der Waals surface area contributed by atoms with E-state index < -0.39 is 0 Å². The smallest absolute Gasteiger partial charge is 0.143 e. The molecule has 3 heteroatoms. The summed E-state index contributed by atoms with van der Waals surface area (Å²) in [6, 6.07) is 17.8. The van der Waals surface area contributed by atoms with E-state index in [9.17, 15) is 0 Å².